The van der Waals surface area contributed by atoms with Gasteiger partial charge in [0.25, 0.3) is 11.5 Å². The first-order valence-electron chi connectivity index (χ1n) is 7.20. The average Bonchev–Trinajstić information content (AvgIpc) is 2.76. The largest absolute Gasteiger partial charge is 0.344 e. The molecule has 23 heavy (non-hydrogen) atoms. The predicted molar refractivity (Wildman–Crippen MR) is 86.1 cm³/mol. The smallest absolute Gasteiger partial charge is 0.274 e. The maximum absolute atomic E-state index is 12.6. The lowest BCUT2D eigenvalue weighted by Crippen LogP contribution is -2.47. The van der Waals surface area contributed by atoms with Gasteiger partial charge in [0.1, 0.15) is 0 Å². The molecule has 122 valence electrons. The third-order valence-corrected chi connectivity index (χ3v) is 5.99. The van der Waals surface area contributed by atoms with Crippen LogP contribution in [0.25, 0.3) is 10.8 Å². The number of aryl methyl sites for hydroxylation is 1. The first-order chi connectivity index (χ1) is 10.7. The Morgan fingerprint density at radius 3 is 2.57 bits per heavy atom. The Morgan fingerprint density at radius 1 is 1.30 bits per heavy atom. The van der Waals surface area contributed by atoms with Crippen molar-refractivity contribution in [3.63, 3.8) is 0 Å². The van der Waals surface area contributed by atoms with Crippen molar-refractivity contribution in [2.24, 2.45) is 7.05 Å². The van der Waals surface area contributed by atoms with E-state index in [4.69, 9.17) is 0 Å². The summed E-state index contributed by atoms with van der Waals surface area (Å²) >= 11 is 0. The maximum Gasteiger partial charge on any atom is 0.274 e. The van der Waals surface area contributed by atoms with Crippen molar-refractivity contribution < 1.29 is 13.2 Å². The predicted octanol–water partition coefficient (Wildman–Crippen LogP) is 0.240. The van der Waals surface area contributed by atoms with E-state index in [0.29, 0.717) is 17.2 Å². The Balaban J connectivity index is 2.03. The van der Waals surface area contributed by atoms with Crippen molar-refractivity contribution in [3.8, 4) is 0 Å². The number of carbonyl (C=O) groups is 1. The first-order valence-corrected chi connectivity index (χ1v) is 9.02. The third kappa shape index (κ3) is 2.86. The van der Waals surface area contributed by atoms with Crippen LogP contribution in [-0.4, -0.2) is 41.2 Å². The van der Waals surface area contributed by atoms with Crippen molar-refractivity contribution >= 4 is 26.5 Å². The number of nitrogens with zero attached hydrogens (tertiary/aromatic N) is 2. The fourth-order valence-electron chi connectivity index (χ4n) is 2.91. The molecule has 1 aromatic heterocycles. The Kier molecular flexibility index (Phi) is 3.51. The van der Waals surface area contributed by atoms with Crippen LogP contribution in [-0.2, 0) is 16.9 Å². The fourth-order valence-corrected chi connectivity index (χ4v) is 5.00. The van der Waals surface area contributed by atoms with Gasteiger partial charge >= 0.3 is 0 Å². The molecular weight excluding hydrogens is 318 g/mol. The molecule has 1 aliphatic heterocycles. The van der Waals surface area contributed by atoms with Gasteiger partial charge in [-0.05, 0) is 19.4 Å². The van der Waals surface area contributed by atoms with E-state index in [1.54, 1.807) is 31.2 Å². The van der Waals surface area contributed by atoms with Crippen molar-refractivity contribution in [3.05, 3.63) is 40.3 Å². The molecule has 1 unspecified atom stereocenters. The zero-order valence-electron chi connectivity index (χ0n) is 12.9. The number of fused-ring (bicyclic) bond motifs is 1. The summed E-state index contributed by atoms with van der Waals surface area (Å²) in [6, 6.07) is 6.74. The van der Waals surface area contributed by atoms with Crippen LogP contribution in [0.1, 0.15) is 23.8 Å². The van der Waals surface area contributed by atoms with Gasteiger partial charge in [-0.1, -0.05) is 18.2 Å². The number of rotatable bonds is 2. The Morgan fingerprint density at radius 2 is 1.96 bits per heavy atom. The molecule has 7 nitrogen and oxygen atoms in total. The molecule has 1 N–H and O–H groups in total. The number of amides is 1. The number of carbonyl (C=O) groups excluding carboxylic acids is 1. The molecule has 0 bridgehead atoms. The topological polar surface area (TPSA) is 98.1 Å². The molecule has 3 rings (SSSR count). The summed E-state index contributed by atoms with van der Waals surface area (Å²) in [4.78, 5) is 24.7. The summed E-state index contributed by atoms with van der Waals surface area (Å²) in [6.45, 7) is 1.71. The summed E-state index contributed by atoms with van der Waals surface area (Å²) in [5, 5.41) is 7.68. The molecule has 0 saturated carbocycles. The minimum Gasteiger partial charge on any atom is -0.344 e. The van der Waals surface area contributed by atoms with E-state index in [1.165, 1.54) is 7.05 Å². The van der Waals surface area contributed by atoms with Gasteiger partial charge < -0.3 is 5.32 Å². The van der Waals surface area contributed by atoms with E-state index in [0.717, 1.165) is 4.68 Å². The molecule has 1 aromatic carbocycles. The Bertz CT molecular complexity index is 964. The van der Waals surface area contributed by atoms with Crippen molar-refractivity contribution in [2.75, 3.05) is 11.5 Å². The minimum absolute atomic E-state index is 0.0607. The molecule has 1 aliphatic rings. The zero-order valence-corrected chi connectivity index (χ0v) is 13.7. The first kappa shape index (κ1) is 15.7. The summed E-state index contributed by atoms with van der Waals surface area (Å²) < 4.78 is 24.4. The highest BCUT2D eigenvalue weighted by Gasteiger charge is 2.40. The molecule has 1 saturated heterocycles. The van der Waals surface area contributed by atoms with Gasteiger partial charge in [-0.15, -0.1) is 0 Å². The highest BCUT2D eigenvalue weighted by Crippen LogP contribution is 2.24. The second-order valence-electron chi connectivity index (χ2n) is 6.18. The van der Waals surface area contributed by atoms with E-state index in [1.807, 2.05) is 0 Å². The number of hydrogen-bond acceptors (Lipinski definition) is 5. The van der Waals surface area contributed by atoms with Crippen LogP contribution in [0.15, 0.2) is 29.1 Å². The lowest BCUT2D eigenvalue weighted by Gasteiger charge is -2.23. The molecule has 2 aromatic rings. The highest BCUT2D eigenvalue weighted by atomic mass is 32.2. The Hall–Kier alpha value is -2.22. The Labute approximate surface area is 133 Å². The molecule has 2 heterocycles. The second-order valence-corrected chi connectivity index (χ2v) is 8.36. The molecule has 0 radical (unpaired) electrons. The molecule has 0 aliphatic carbocycles. The molecule has 1 fully saturated rings. The number of hydrogen-bond donors (Lipinski definition) is 1. The van der Waals surface area contributed by atoms with Gasteiger partial charge in [0, 0.05) is 12.4 Å². The van der Waals surface area contributed by atoms with Crippen LogP contribution < -0.4 is 10.9 Å². The highest BCUT2D eigenvalue weighted by molar-refractivity contribution is 7.91. The van der Waals surface area contributed by atoms with E-state index < -0.39 is 21.3 Å². The van der Waals surface area contributed by atoms with Gasteiger partial charge in [-0.3, -0.25) is 9.59 Å². The molecule has 0 spiro atoms. The van der Waals surface area contributed by atoms with Crippen LogP contribution in [0.5, 0.6) is 0 Å². The van der Waals surface area contributed by atoms with Crippen LogP contribution in [0, 0.1) is 0 Å². The molecule has 8 heteroatoms. The summed E-state index contributed by atoms with van der Waals surface area (Å²) in [7, 11) is -1.65. The lowest BCUT2D eigenvalue weighted by atomic mass is 10.0. The van der Waals surface area contributed by atoms with Crippen LogP contribution in [0.3, 0.4) is 0 Å². The standard InChI is InChI=1S/C15H17N3O4S/c1-15(7-8-23(21,22)9-15)16-13(19)12-10-5-3-4-6-11(10)14(20)18(2)17-12/h3-6H,7-9H2,1-2H3,(H,16,19). The summed E-state index contributed by atoms with van der Waals surface area (Å²) in [6.07, 6.45) is 0.366. The van der Waals surface area contributed by atoms with Crippen LogP contribution in [0.4, 0.5) is 0 Å². The summed E-state index contributed by atoms with van der Waals surface area (Å²) in [5.41, 5.74) is -0.979. The van der Waals surface area contributed by atoms with Gasteiger partial charge in [0.15, 0.2) is 15.5 Å². The zero-order chi connectivity index (χ0) is 16.8. The van der Waals surface area contributed by atoms with Gasteiger partial charge in [0.2, 0.25) is 0 Å². The van der Waals surface area contributed by atoms with E-state index in [2.05, 4.69) is 10.4 Å². The van der Waals surface area contributed by atoms with Gasteiger partial charge in [0.05, 0.1) is 22.4 Å². The SMILES string of the molecule is Cn1nc(C(=O)NC2(C)CCS(=O)(=O)C2)c2ccccc2c1=O. The number of benzene rings is 1. The van der Waals surface area contributed by atoms with Crippen molar-refractivity contribution in [1.82, 2.24) is 15.1 Å². The molecular formula is C15H17N3O4S. The van der Waals surface area contributed by atoms with E-state index in [9.17, 15) is 18.0 Å². The summed E-state index contributed by atoms with van der Waals surface area (Å²) in [5.74, 6) is -0.503. The normalized spacial score (nSPS) is 23.0. The fraction of sp³-hybridized carbons (Fsp3) is 0.400. The van der Waals surface area contributed by atoms with E-state index >= 15 is 0 Å². The quantitative estimate of drug-likeness (QED) is 0.848. The average molecular weight is 335 g/mol. The number of sulfone groups is 1. The maximum atomic E-state index is 12.6. The van der Waals surface area contributed by atoms with Gasteiger partial charge in [-0.2, -0.15) is 5.10 Å². The molecule has 1 atom stereocenters. The third-order valence-electron chi connectivity index (χ3n) is 4.09. The lowest BCUT2D eigenvalue weighted by molar-refractivity contribution is 0.0910. The van der Waals surface area contributed by atoms with Crippen molar-refractivity contribution in [1.29, 1.82) is 0 Å². The second kappa shape index (κ2) is 5.16. The molecule has 1 amide bonds. The van der Waals surface area contributed by atoms with Crippen LogP contribution >= 0.6 is 0 Å². The van der Waals surface area contributed by atoms with Crippen molar-refractivity contribution in [2.45, 2.75) is 18.9 Å². The van der Waals surface area contributed by atoms with Gasteiger partial charge in [-0.25, -0.2) is 13.1 Å². The minimum atomic E-state index is -3.13. The van der Waals surface area contributed by atoms with E-state index in [-0.39, 0.29) is 22.8 Å². The number of nitrogens with one attached hydrogen (secondary N) is 1. The van der Waals surface area contributed by atoms with Crippen LogP contribution in [0.2, 0.25) is 0 Å². The monoisotopic (exact) mass is 335 g/mol. The number of aromatic nitrogens is 2.